The Balaban J connectivity index is 1.57. The summed E-state index contributed by atoms with van der Waals surface area (Å²) in [5.41, 5.74) is 9.14. The van der Waals surface area contributed by atoms with Crippen molar-refractivity contribution in [3.05, 3.63) is 65.6 Å². The summed E-state index contributed by atoms with van der Waals surface area (Å²) in [7, 11) is 0. The van der Waals surface area contributed by atoms with Crippen LogP contribution >= 0.6 is 0 Å². The van der Waals surface area contributed by atoms with Gasteiger partial charge < -0.3 is 16.2 Å². The summed E-state index contributed by atoms with van der Waals surface area (Å²) in [6.45, 7) is 0.544. The number of nitrogens with two attached hydrogens (primary N) is 1. The van der Waals surface area contributed by atoms with E-state index in [-0.39, 0.29) is 17.7 Å². The molecule has 0 radical (unpaired) electrons. The van der Waals surface area contributed by atoms with Crippen LogP contribution in [0.5, 0.6) is 0 Å². The third kappa shape index (κ3) is 4.01. The van der Waals surface area contributed by atoms with Crippen molar-refractivity contribution >= 4 is 23.2 Å². The number of rotatable bonds is 6. The first-order chi connectivity index (χ1) is 14.5. The highest BCUT2D eigenvalue weighted by molar-refractivity contribution is 5.93. The zero-order valence-corrected chi connectivity index (χ0v) is 16.8. The van der Waals surface area contributed by atoms with E-state index >= 15 is 0 Å². The van der Waals surface area contributed by atoms with E-state index in [0.717, 1.165) is 31.4 Å². The molecule has 156 valence electrons. The Kier molecular flexibility index (Phi) is 5.44. The Bertz CT molecular complexity index is 1070. The first-order valence-electron chi connectivity index (χ1n) is 10.3. The summed E-state index contributed by atoms with van der Waals surface area (Å²) in [6.07, 6.45) is 6.97. The zero-order valence-electron chi connectivity index (χ0n) is 16.8. The molecule has 1 saturated carbocycles. The minimum Gasteiger partial charge on any atom is -0.481 e. The number of fused-ring (bicyclic) bond motifs is 1. The van der Waals surface area contributed by atoms with Gasteiger partial charge in [0, 0.05) is 23.8 Å². The molecule has 4 N–H and O–H groups in total. The summed E-state index contributed by atoms with van der Waals surface area (Å²) in [6, 6.07) is 13.2. The van der Waals surface area contributed by atoms with Crippen molar-refractivity contribution in [1.82, 2.24) is 14.7 Å². The summed E-state index contributed by atoms with van der Waals surface area (Å²) >= 11 is 0. The molecule has 2 aromatic heterocycles. The van der Waals surface area contributed by atoms with Gasteiger partial charge in [-0.1, -0.05) is 37.5 Å². The molecule has 0 spiro atoms. The maximum Gasteiger partial charge on any atom is 0.309 e. The standard InChI is InChI=1S/C23H26N4O3/c24-17-9-7-16(8-10-17)23(11-2-1-3-12-23)15-25-22(30)19-5-4-6-20-26-18(13-21(28)29)14-27(19)20/h4-10,14H,1-3,11-13,15,24H2,(H,25,30)(H,28,29). The number of pyridine rings is 1. The fourth-order valence-electron chi connectivity index (χ4n) is 4.46. The number of carbonyl (C=O) groups excluding carboxylic acids is 1. The van der Waals surface area contributed by atoms with Crippen LogP contribution in [0.2, 0.25) is 0 Å². The van der Waals surface area contributed by atoms with E-state index < -0.39 is 5.97 Å². The maximum atomic E-state index is 13.1. The predicted molar refractivity (Wildman–Crippen MR) is 114 cm³/mol. The zero-order chi connectivity index (χ0) is 21.1. The number of carboxylic acids is 1. The summed E-state index contributed by atoms with van der Waals surface area (Å²) in [5.74, 6) is -1.15. The number of benzene rings is 1. The molecule has 1 fully saturated rings. The van der Waals surface area contributed by atoms with Gasteiger partial charge in [0.1, 0.15) is 11.3 Å². The minimum atomic E-state index is -0.952. The van der Waals surface area contributed by atoms with Crippen molar-refractivity contribution in [2.24, 2.45) is 0 Å². The molecule has 0 atom stereocenters. The number of nitrogens with one attached hydrogen (secondary N) is 1. The second-order valence-electron chi connectivity index (χ2n) is 8.09. The number of nitrogen functional groups attached to an aromatic ring is 1. The van der Waals surface area contributed by atoms with E-state index in [4.69, 9.17) is 10.8 Å². The van der Waals surface area contributed by atoms with E-state index in [1.54, 1.807) is 28.8 Å². The third-order valence-electron chi connectivity index (χ3n) is 6.03. The number of carbonyl (C=O) groups is 2. The molecule has 4 rings (SSSR count). The van der Waals surface area contributed by atoms with Gasteiger partial charge in [-0.15, -0.1) is 0 Å². The molecule has 0 bridgehead atoms. The number of aliphatic carboxylic acids is 1. The van der Waals surface area contributed by atoms with Crippen LogP contribution < -0.4 is 11.1 Å². The molecule has 0 aliphatic heterocycles. The van der Waals surface area contributed by atoms with Gasteiger partial charge in [-0.25, -0.2) is 4.98 Å². The Morgan fingerprint density at radius 2 is 1.83 bits per heavy atom. The molecule has 7 nitrogen and oxygen atoms in total. The van der Waals surface area contributed by atoms with E-state index in [1.165, 1.54) is 12.0 Å². The van der Waals surface area contributed by atoms with Gasteiger partial charge in [0.15, 0.2) is 0 Å². The van der Waals surface area contributed by atoms with Gasteiger partial charge in [0.05, 0.1) is 12.1 Å². The molecular formula is C23H26N4O3. The number of amides is 1. The lowest BCUT2D eigenvalue weighted by Gasteiger charge is -2.38. The number of anilines is 1. The highest BCUT2D eigenvalue weighted by atomic mass is 16.4. The molecule has 3 aromatic rings. The number of hydrogen-bond donors (Lipinski definition) is 3. The summed E-state index contributed by atoms with van der Waals surface area (Å²) in [5, 5.41) is 12.1. The lowest BCUT2D eigenvalue weighted by Crippen LogP contribution is -2.42. The number of imidazole rings is 1. The lowest BCUT2D eigenvalue weighted by atomic mass is 9.69. The quantitative estimate of drug-likeness (QED) is 0.545. The Morgan fingerprint density at radius 1 is 1.10 bits per heavy atom. The average Bonchev–Trinajstić information content (AvgIpc) is 3.15. The molecule has 30 heavy (non-hydrogen) atoms. The number of carboxylic acid groups (broad SMARTS) is 1. The highest BCUT2D eigenvalue weighted by Gasteiger charge is 2.34. The van der Waals surface area contributed by atoms with Gasteiger partial charge in [0.25, 0.3) is 5.91 Å². The Labute approximate surface area is 174 Å². The van der Waals surface area contributed by atoms with Crippen LogP contribution in [-0.4, -0.2) is 32.9 Å². The Morgan fingerprint density at radius 3 is 2.53 bits per heavy atom. The number of nitrogens with zero attached hydrogens (tertiary/aromatic N) is 2. The van der Waals surface area contributed by atoms with Crippen molar-refractivity contribution < 1.29 is 14.7 Å². The minimum absolute atomic E-state index is 0.0983. The normalized spacial score (nSPS) is 15.7. The van der Waals surface area contributed by atoms with Crippen LogP contribution in [0, 0.1) is 0 Å². The smallest absolute Gasteiger partial charge is 0.309 e. The number of hydrogen-bond acceptors (Lipinski definition) is 4. The van der Waals surface area contributed by atoms with Crippen molar-refractivity contribution in [2.75, 3.05) is 12.3 Å². The second kappa shape index (κ2) is 8.18. The van der Waals surface area contributed by atoms with Gasteiger partial charge in [-0.05, 0) is 42.7 Å². The van der Waals surface area contributed by atoms with Crippen LogP contribution in [0.3, 0.4) is 0 Å². The van der Waals surface area contributed by atoms with Crippen molar-refractivity contribution in [3.63, 3.8) is 0 Å². The molecule has 1 amide bonds. The summed E-state index contributed by atoms with van der Waals surface area (Å²) in [4.78, 5) is 28.4. The van der Waals surface area contributed by atoms with Crippen molar-refractivity contribution in [3.8, 4) is 0 Å². The van der Waals surface area contributed by atoms with Crippen LogP contribution in [0.4, 0.5) is 5.69 Å². The molecule has 0 unspecified atom stereocenters. The third-order valence-corrected chi connectivity index (χ3v) is 6.03. The molecule has 0 saturated heterocycles. The predicted octanol–water partition coefficient (Wildman–Crippen LogP) is 3.18. The van der Waals surface area contributed by atoms with Crippen molar-refractivity contribution in [1.29, 1.82) is 0 Å². The van der Waals surface area contributed by atoms with E-state index in [9.17, 15) is 9.59 Å². The summed E-state index contributed by atoms with van der Waals surface area (Å²) < 4.78 is 1.66. The Hall–Kier alpha value is -3.35. The van der Waals surface area contributed by atoms with Crippen LogP contribution in [0.15, 0.2) is 48.7 Å². The van der Waals surface area contributed by atoms with Gasteiger partial charge >= 0.3 is 5.97 Å². The maximum absolute atomic E-state index is 13.1. The van der Waals surface area contributed by atoms with Crippen LogP contribution in [0.25, 0.3) is 5.65 Å². The molecule has 1 aromatic carbocycles. The van der Waals surface area contributed by atoms with Gasteiger partial charge in [-0.3, -0.25) is 14.0 Å². The monoisotopic (exact) mass is 406 g/mol. The fraction of sp³-hybridized carbons (Fsp3) is 0.348. The fourth-order valence-corrected chi connectivity index (χ4v) is 4.46. The SMILES string of the molecule is Nc1ccc(C2(CNC(=O)c3cccc4nc(CC(=O)O)cn34)CCCCC2)cc1. The van der Waals surface area contributed by atoms with Gasteiger partial charge in [-0.2, -0.15) is 0 Å². The first-order valence-corrected chi connectivity index (χ1v) is 10.3. The molecule has 2 heterocycles. The molecule has 1 aliphatic carbocycles. The highest BCUT2D eigenvalue weighted by Crippen LogP contribution is 2.39. The number of aromatic nitrogens is 2. The van der Waals surface area contributed by atoms with Gasteiger partial charge in [0.2, 0.25) is 0 Å². The average molecular weight is 406 g/mol. The molecular weight excluding hydrogens is 380 g/mol. The van der Waals surface area contributed by atoms with E-state index in [0.29, 0.717) is 23.6 Å². The first kappa shape index (κ1) is 19.9. The molecule has 7 heteroatoms. The van der Waals surface area contributed by atoms with E-state index in [2.05, 4.69) is 22.4 Å². The van der Waals surface area contributed by atoms with Crippen molar-refractivity contribution in [2.45, 2.75) is 43.9 Å². The lowest BCUT2D eigenvalue weighted by molar-refractivity contribution is -0.136. The van der Waals surface area contributed by atoms with Crippen LogP contribution in [-0.2, 0) is 16.6 Å². The largest absolute Gasteiger partial charge is 0.481 e. The second-order valence-corrected chi connectivity index (χ2v) is 8.09. The van der Waals surface area contributed by atoms with E-state index in [1.807, 2.05) is 12.1 Å². The topological polar surface area (TPSA) is 110 Å². The molecule has 1 aliphatic rings. The van der Waals surface area contributed by atoms with Crippen LogP contribution in [0.1, 0.15) is 53.8 Å².